The van der Waals surface area contributed by atoms with E-state index in [1.54, 1.807) is 0 Å². The standard InChI is InChI=1S/C12H8BrF3O2/c1-18-11(17)4-2-3-8-5-6-9(7-10(8)13)12(14,15)16/h5-7H,4H2,1H3. The van der Waals surface area contributed by atoms with E-state index < -0.39 is 17.7 Å². The van der Waals surface area contributed by atoms with E-state index in [0.29, 0.717) is 5.56 Å². The van der Waals surface area contributed by atoms with E-state index in [-0.39, 0.29) is 10.9 Å². The predicted molar refractivity (Wildman–Crippen MR) is 62.7 cm³/mol. The Labute approximate surface area is 110 Å². The van der Waals surface area contributed by atoms with Gasteiger partial charge in [-0.25, -0.2) is 0 Å². The fourth-order valence-corrected chi connectivity index (χ4v) is 1.55. The van der Waals surface area contributed by atoms with Crippen LogP contribution < -0.4 is 0 Å². The van der Waals surface area contributed by atoms with Crippen molar-refractivity contribution >= 4 is 21.9 Å². The van der Waals surface area contributed by atoms with Gasteiger partial charge in [-0.1, -0.05) is 11.8 Å². The highest BCUT2D eigenvalue weighted by Crippen LogP contribution is 2.31. The first-order valence-corrected chi connectivity index (χ1v) is 5.56. The monoisotopic (exact) mass is 320 g/mol. The van der Waals surface area contributed by atoms with Crippen LogP contribution in [0.5, 0.6) is 0 Å². The Kier molecular flexibility index (Phi) is 4.79. The van der Waals surface area contributed by atoms with Gasteiger partial charge in [0.1, 0.15) is 6.42 Å². The molecule has 0 saturated carbocycles. The molecule has 0 bridgehead atoms. The molecule has 1 rings (SSSR count). The van der Waals surface area contributed by atoms with Gasteiger partial charge in [-0.2, -0.15) is 13.2 Å². The number of hydrogen-bond donors (Lipinski definition) is 0. The molecule has 0 N–H and O–H groups in total. The zero-order chi connectivity index (χ0) is 13.8. The first-order chi connectivity index (χ1) is 8.34. The van der Waals surface area contributed by atoms with E-state index in [0.717, 1.165) is 12.1 Å². The summed E-state index contributed by atoms with van der Waals surface area (Å²) in [4.78, 5) is 10.8. The molecule has 18 heavy (non-hydrogen) atoms. The molecule has 96 valence electrons. The Morgan fingerprint density at radius 1 is 1.44 bits per heavy atom. The van der Waals surface area contributed by atoms with Crippen molar-refractivity contribution < 1.29 is 22.7 Å². The first kappa shape index (κ1) is 14.6. The third kappa shape index (κ3) is 4.08. The van der Waals surface area contributed by atoms with Crippen LogP contribution in [-0.4, -0.2) is 13.1 Å². The van der Waals surface area contributed by atoms with Gasteiger partial charge in [0.05, 0.1) is 12.7 Å². The molecule has 0 amide bonds. The number of halogens is 4. The zero-order valence-electron chi connectivity index (χ0n) is 9.27. The zero-order valence-corrected chi connectivity index (χ0v) is 10.9. The molecule has 0 unspecified atom stereocenters. The molecule has 6 heteroatoms. The molecule has 0 atom stereocenters. The highest BCUT2D eigenvalue weighted by Gasteiger charge is 2.30. The second-order valence-corrected chi connectivity index (χ2v) is 4.10. The summed E-state index contributed by atoms with van der Waals surface area (Å²) >= 11 is 3.01. The van der Waals surface area contributed by atoms with E-state index in [1.165, 1.54) is 13.2 Å². The number of ether oxygens (including phenoxy) is 1. The van der Waals surface area contributed by atoms with Crippen LogP contribution in [0.1, 0.15) is 17.5 Å². The van der Waals surface area contributed by atoms with Crippen molar-refractivity contribution in [1.29, 1.82) is 0 Å². The quantitative estimate of drug-likeness (QED) is 0.585. The minimum absolute atomic E-state index is 0.107. The average molecular weight is 321 g/mol. The minimum atomic E-state index is -4.39. The smallest absolute Gasteiger partial charge is 0.416 e. The Balaban J connectivity index is 2.90. The lowest BCUT2D eigenvalue weighted by molar-refractivity contribution is -0.139. The number of benzene rings is 1. The summed E-state index contributed by atoms with van der Waals surface area (Å²) in [6, 6.07) is 3.13. The largest absolute Gasteiger partial charge is 0.468 e. The molecule has 0 fully saturated rings. The topological polar surface area (TPSA) is 26.3 Å². The number of hydrogen-bond acceptors (Lipinski definition) is 2. The van der Waals surface area contributed by atoms with Gasteiger partial charge < -0.3 is 4.74 Å². The van der Waals surface area contributed by atoms with Crippen LogP contribution in [0.3, 0.4) is 0 Å². The van der Waals surface area contributed by atoms with Crippen LogP contribution in [0.15, 0.2) is 22.7 Å². The second-order valence-electron chi connectivity index (χ2n) is 3.25. The number of alkyl halides is 3. The summed E-state index contributed by atoms with van der Waals surface area (Å²) in [5, 5.41) is 0. The minimum Gasteiger partial charge on any atom is -0.468 e. The van der Waals surface area contributed by atoms with Gasteiger partial charge in [-0.15, -0.1) is 0 Å². The molecule has 0 aliphatic heterocycles. The molecular weight excluding hydrogens is 313 g/mol. The Morgan fingerprint density at radius 3 is 2.61 bits per heavy atom. The maximum absolute atomic E-state index is 12.4. The molecule has 0 aliphatic rings. The molecule has 0 radical (unpaired) electrons. The lowest BCUT2D eigenvalue weighted by atomic mass is 10.1. The fourth-order valence-electron chi connectivity index (χ4n) is 1.08. The highest BCUT2D eigenvalue weighted by molar-refractivity contribution is 9.10. The van der Waals surface area contributed by atoms with Gasteiger partial charge in [0.2, 0.25) is 0 Å². The molecule has 1 aromatic rings. The highest BCUT2D eigenvalue weighted by atomic mass is 79.9. The number of esters is 1. The summed E-state index contributed by atoms with van der Waals surface area (Å²) in [6.07, 6.45) is -4.50. The lowest BCUT2D eigenvalue weighted by Crippen LogP contribution is -2.04. The normalized spacial score (nSPS) is 10.5. The Hall–Kier alpha value is -1.48. The van der Waals surface area contributed by atoms with Crippen molar-refractivity contribution in [2.24, 2.45) is 0 Å². The van der Waals surface area contributed by atoms with Gasteiger partial charge >= 0.3 is 12.1 Å². The van der Waals surface area contributed by atoms with Gasteiger partial charge in [-0.3, -0.25) is 4.79 Å². The van der Waals surface area contributed by atoms with Crippen molar-refractivity contribution in [3.63, 3.8) is 0 Å². The van der Waals surface area contributed by atoms with E-state index in [2.05, 4.69) is 32.5 Å². The Bertz CT molecular complexity index is 512. The summed E-state index contributed by atoms with van der Waals surface area (Å²) in [6.45, 7) is 0. The molecule has 0 aromatic heterocycles. The third-order valence-electron chi connectivity index (χ3n) is 1.98. The lowest BCUT2D eigenvalue weighted by Gasteiger charge is -2.07. The van der Waals surface area contributed by atoms with Gasteiger partial charge in [-0.05, 0) is 34.1 Å². The maximum Gasteiger partial charge on any atom is 0.416 e. The molecule has 0 spiro atoms. The van der Waals surface area contributed by atoms with E-state index >= 15 is 0 Å². The number of rotatable bonds is 1. The molecular formula is C12H8BrF3O2. The maximum atomic E-state index is 12.4. The van der Waals surface area contributed by atoms with Crippen LogP contribution in [0, 0.1) is 11.8 Å². The molecule has 0 saturated heterocycles. The van der Waals surface area contributed by atoms with Gasteiger partial charge in [0.25, 0.3) is 0 Å². The van der Waals surface area contributed by atoms with Gasteiger partial charge in [0.15, 0.2) is 0 Å². The van der Waals surface area contributed by atoms with Crippen LogP contribution in [0.4, 0.5) is 13.2 Å². The van der Waals surface area contributed by atoms with E-state index in [1.807, 2.05) is 0 Å². The van der Waals surface area contributed by atoms with Crippen molar-refractivity contribution in [3.05, 3.63) is 33.8 Å². The number of carbonyl (C=O) groups excluding carboxylic acids is 1. The Morgan fingerprint density at radius 2 is 2.11 bits per heavy atom. The molecule has 2 nitrogen and oxygen atoms in total. The van der Waals surface area contributed by atoms with Crippen molar-refractivity contribution in [2.45, 2.75) is 12.6 Å². The van der Waals surface area contributed by atoms with Crippen molar-refractivity contribution in [1.82, 2.24) is 0 Å². The summed E-state index contributed by atoms with van der Waals surface area (Å²) in [5.41, 5.74) is -0.375. The summed E-state index contributed by atoms with van der Waals surface area (Å²) in [7, 11) is 1.23. The second kappa shape index (κ2) is 5.91. The van der Waals surface area contributed by atoms with Crippen molar-refractivity contribution in [3.8, 4) is 11.8 Å². The SMILES string of the molecule is COC(=O)CC#Cc1ccc(C(F)(F)F)cc1Br. The fraction of sp³-hybridized carbons (Fsp3) is 0.250. The van der Waals surface area contributed by atoms with Crippen molar-refractivity contribution in [2.75, 3.05) is 7.11 Å². The first-order valence-electron chi connectivity index (χ1n) is 4.77. The number of methoxy groups -OCH3 is 1. The van der Waals surface area contributed by atoms with Crippen LogP contribution >= 0.6 is 15.9 Å². The van der Waals surface area contributed by atoms with Crippen LogP contribution in [0.2, 0.25) is 0 Å². The van der Waals surface area contributed by atoms with Crippen LogP contribution in [0.25, 0.3) is 0 Å². The molecule has 0 aliphatic carbocycles. The summed E-state index contributed by atoms with van der Waals surface area (Å²) in [5.74, 6) is 4.61. The van der Waals surface area contributed by atoms with Gasteiger partial charge in [0, 0.05) is 10.0 Å². The van der Waals surface area contributed by atoms with Crippen LogP contribution in [-0.2, 0) is 15.7 Å². The molecule has 0 heterocycles. The third-order valence-corrected chi connectivity index (χ3v) is 2.64. The number of carbonyl (C=O) groups is 1. The summed E-state index contributed by atoms with van der Waals surface area (Å²) < 4.78 is 41.8. The molecule has 1 aromatic carbocycles. The average Bonchev–Trinajstić information content (AvgIpc) is 2.29. The van der Waals surface area contributed by atoms with E-state index in [9.17, 15) is 18.0 Å². The predicted octanol–water partition coefficient (Wildman–Crippen LogP) is 3.38. The van der Waals surface area contributed by atoms with E-state index in [4.69, 9.17) is 0 Å².